The Labute approximate surface area is 79.6 Å². The van der Waals surface area contributed by atoms with Crippen LogP contribution in [0.3, 0.4) is 0 Å². The largest absolute Gasteiger partial charge is 0.303 e. The minimum Gasteiger partial charge on any atom is -0.303 e. The van der Waals surface area contributed by atoms with Crippen LogP contribution in [0.15, 0.2) is 18.2 Å². The summed E-state index contributed by atoms with van der Waals surface area (Å²) in [6.07, 6.45) is 2.32. The van der Waals surface area contributed by atoms with Crippen LogP contribution < -0.4 is 0 Å². The number of carbonyl (C=O) groups excluding carboxylic acids is 1. The van der Waals surface area contributed by atoms with Crippen LogP contribution in [0.5, 0.6) is 0 Å². The average molecular weight is 192 g/mol. The van der Waals surface area contributed by atoms with Crippen LogP contribution in [-0.4, -0.2) is 15.9 Å². The lowest BCUT2D eigenvalue weighted by Crippen LogP contribution is -1.84. The number of aromatic nitrogens is 2. The van der Waals surface area contributed by atoms with Crippen molar-refractivity contribution in [3.05, 3.63) is 23.8 Å². The summed E-state index contributed by atoms with van der Waals surface area (Å²) < 4.78 is 4.93. The number of hydrogen-bond donors (Lipinski definition) is 0. The minimum absolute atomic E-state index is 0.581. The Morgan fingerprint density at radius 1 is 1.46 bits per heavy atom. The Morgan fingerprint density at radius 2 is 2.38 bits per heavy atom. The molecule has 3 nitrogen and oxygen atoms in total. The minimum atomic E-state index is 0.581. The molecule has 0 spiro atoms. The monoisotopic (exact) mass is 192 g/mol. The van der Waals surface area contributed by atoms with Crippen molar-refractivity contribution < 1.29 is 4.79 Å². The zero-order valence-corrected chi connectivity index (χ0v) is 7.75. The van der Waals surface area contributed by atoms with E-state index in [4.69, 9.17) is 0 Å². The first kappa shape index (κ1) is 8.31. The molecule has 0 atom stereocenters. The summed E-state index contributed by atoms with van der Waals surface area (Å²) in [5.41, 5.74) is 2.10. The Bertz CT molecular complexity index is 424. The van der Waals surface area contributed by atoms with E-state index in [0.29, 0.717) is 6.42 Å². The van der Waals surface area contributed by atoms with E-state index in [-0.39, 0.29) is 0 Å². The van der Waals surface area contributed by atoms with Crippen molar-refractivity contribution in [1.29, 1.82) is 0 Å². The summed E-state index contributed by atoms with van der Waals surface area (Å²) in [6, 6.07) is 5.98. The molecule has 1 aromatic heterocycles. The molecule has 0 amide bonds. The Kier molecular flexibility index (Phi) is 2.31. The van der Waals surface area contributed by atoms with Gasteiger partial charge in [-0.15, -0.1) is 5.10 Å². The van der Waals surface area contributed by atoms with E-state index in [2.05, 4.69) is 9.59 Å². The van der Waals surface area contributed by atoms with E-state index < -0.39 is 0 Å². The molecule has 0 aliphatic rings. The van der Waals surface area contributed by atoms with Gasteiger partial charge in [-0.25, -0.2) is 0 Å². The highest BCUT2D eigenvalue weighted by Crippen LogP contribution is 2.17. The number of hydrogen-bond acceptors (Lipinski definition) is 4. The van der Waals surface area contributed by atoms with Gasteiger partial charge in [0.25, 0.3) is 0 Å². The molecule has 0 unspecified atom stereocenters. The maximum atomic E-state index is 10.2. The fraction of sp³-hybridized carbons (Fsp3) is 0.222. The van der Waals surface area contributed by atoms with E-state index in [1.807, 2.05) is 18.2 Å². The molecule has 4 heteroatoms. The molecule has 0 N–H and O–H groups in total. The van der Waals surface area contributed by atoms with Gasteiger partial charge in [0.05, 0.1) is 4.70 Å². The highest BCUT2D eigenvalue weighted by Gasteiger charge is 1.99. The number of fused-ring (bicyclic) bond motifs is 1. The highest BCUT2D eigenvalue weighted by atomic mass is 32.1. The van der Waals surface area contributed by atoms with Gasteiger partial charge >= 0.3 is 0 Å². The topological polar surface area (TPSA) is 42.9 Å². The second-order valence-electron chi connectivity index (χ2n) is 2.78. The van der Waals surface area contributed by atoms with Crippen molar-refractivity contribution >= 4 is 28.0 Å². The number of nitrogens with zero attached hydrogens (tertiary/aromatic N) is 2. The second-order valence-corrected chi connectivity index (χ2v) is 3.57. The molecule has 0 saturated carbocycles. The number of benzene rings is 1. The van der Waals surface area contributed by atoms with Crippen LogP contribution >= 0.6 is 11.5 Å². The summed E-state index contributed by atoms with van der Waals surface area (Å²) >= 11 is 1.39. The molecule has 13 heavy (non-hydrogen) atoms. The SMILES string of the molecule is O=CCCc1ccc2nnsc2c1. The maximum absolute atomic E-state index is 10.2. The van der Waals surface area contributed by atoms with Gasteiger partial charge in [-0.05, 0) is 35.6 Å². The van der Waals surface area contributed by atoms with Crippen LogP contribution in [0.25, 0.3) is 10.2 Å². The fourth-order valence-electron chi connectivity index (χ4n) is 1.20. The quantitative estimate of drug-likeness (QED) is 0.697. The molecular formula is C9H8N2OS. The van der Waals surface area contributed by atoms with Gasteiger partial charge in [-0.3, -0.25) is 0 Å². The lowest BCUT2D eigenvalue weighted by Gasteiger charge is -1.95. The number of carbonyl (C=O) groups is 1. The number of aldehydes is 1. The van der Waals surface area contributed by atoms with Crippen LogP contribution in [0.4, 0.5) is 0 Å². The number of aryl methyl sites for hydroxylation is 1. The van der Waals surface area contributed by atoms with Gasteiger partial charge < -0.3 is 4.79 Å². The maximum Gasteiger partial charge on any atom is 0.120 e. The summed E-state index contributed by atoms with van der Waals surface area (Å²) in [5.74, 6) is 0. The van der Waals surface area contributed by atoms with Crippen molar-refractivity contribution in [3.63, 3.8) is 0 Å². The predicted octanol–water partition coefficient (Wildman–Crippen LogP) is 1.82. The molecule has 0 aliphatic carbocycles. The molecule has 1 heterocycles. The summed E-state index contributed by atoms with van der Waals surface area (Å²) in [4.78, 5) is 10.2. The summed E-state index contributed by atoms with van der Waals surface area (Å²) in [5, 5.41) is 3.94. The van der Waals surface area contributed by atoms with Gasteiger partial charge in [0, 0.05) is 6.42 Å². The summed E-state index contributed by atoms with van der Waals surface area (Å²) in [7, 11) is 0. The molecule has 2 aromatic rings. The Hall–Kier alpha value is -1.29. The van der Waals surface area contributed by atoms with E-state index in [9.17, 15) is 4.79 Å². The van der Waals surface area contributed by atoms with E-state index in [1.165, 1.54) is 17.1 Å². The third-order valence-electron chi connectivity index (χ3n) is 1.86. The molecule has 66 valence electrons. The highest BCUT2D eigenvalue weighted by molar-refractivity contribution is 7.12. The zero-order chi connectivity index (χ0) is 9.10. The molecule has 0 fully saturated rings. The molecule has 0 bridgehead atoms. The molecule has 0 aliphatic heterocycles. The molecule has 0 radical (unpaired) electrons. The van der Waals surface area contributed by atoms with Gasteiger partial charge in [-0.2, -0.15) is 0 Å². The van der Waals surface area contributed by atoms with Crippen LogP contribution in [0, 0.1) is 0 Å². The van der Waals surface area contributed by atoms with Crippen LogP contribution in [0.2, 0.25) is 0 Å². The average Bonchev–Trinajstić information content (AvgIpc) is 2.61. The lowest BCUT2D eigenvalue weighted by molar-refractivity contribution is -0.107. The number of rotatable bonds is 3. The second kappa shape index (κ2) is 3.62. The van der Waals surface area contributed by atoms with Crippen molar-refractivity contribution in [2.75, 3.05) is 0 Å². The van der Waals surface area contributed by atoms with Crippen molar-refractivity contribution in [2.45, 2.75) is 12.8 Å². The predicted molar refractivity (Wildman–Crippen MR) is 51.8 cm³/mol. The third kappa shape index (κ3) is 1.72. The van der Waals surface area contributed by atoms with Crippen LogP contribution in [-0.2, 0) is 11.2 Å². The third-order valence-corrected chi connectivity index (χ3v) is 2.55. The summed E-state index contributed by atoms with van der Waals surface area (Å²) in [6.45, 7) is 0. The normalized spacial score (nSPS) is 10.5. The van der Waals surface area contributed by atoms with Crippen LogP contribution in [0.1, 0.15) is 12.0 Å². The van der Waals surface area contributed by atoms with Gasteiger partial charge in [0.15, 0.2) is 0 Å². The van der Waals surface area contributed by atoms with E-state index >= 15 is 0 Å². The first-order chi connectivity index (χ1) is 6.40. The Balaban J connectivity index is 2.31. The van der Waals surface area contributed by atoms with Crippen molar-refractivity contribution in [1.82, 2.24) is 9.59 Å². The van der Waals surface area contributed by atoms with Gasteiger partial charge in [0.2, 0.25) is 0 Å². The standard InChI is InChI=1S/C9H8N2OS/c12-5-1-2-7-3-4-8-9(6-7)13-11-10-8/h3-6H,1-2H2. The molecule has 2 rings (SSSR count). The zero-order valence-electron chi connectivity index (χ0n) is 6.93. The smallest absolute Gasteiger partial charge is 0.120 e. The lowest BCUT2D eigenvalue weighted by atomic mass is 10.1. The first-order valence-corrected chi connectivity index (χ1v) is 4.82. The molecule has 0 saturated heterocycles. The first-order valence-electron chi connectivity index (χ1n) is 4.05. The Morgan fingerprint density at radius 3 is 3.23 bits per heavy atom. The van der Waals surface area contributed by atoms with Crippen molar-refractivity contribution in [2.24, 2.45) is 0 Å². The molecular weight excluding hydrogens is 184 g/mol. The van der Waals surface area contributed by atoms with Gasteiger partial charge in [0.1, 0.15) is 11.8 Å². The fourth-order valence-corrected chi connectivity index (χ4v) is 1.83. The van der Waals surface area contributed by atoms with E-state index in [0.717, 1.165) is 22.9 Å². The van der Waals surface area contributed by atoms with Gasteiger partial charge in [-0.1, -0.05) is 10.6 Å². The molecule has 1 aromatic carbocycles. The van der Waals surface area contributed by atoms with Crippen molar-refractivity contribution in [3.8, 4) is 0 Å². The van der Waals surface area contributed by atoms with E-state index in [1.54, 1.807) is 0 Å².